The van der Waals surface area contributed by atoms with Gasteiger partial charge in [-0.05, 0) is 47.1 Å². The Morgan fingerprint density at radius 2 is 2.39 bits per heavy atom. The molecule has 0 fully saturated rings. The van der Waals surface area contributed by atoms with Crippen LogP contribution in [-0.4, -0.2) is 21.9 Å². The van der Waals surface area contributed by atoms with E-state index in [0.29, 0.717) is 11.5 Å². The highest BCUT2D eigenvalue weighted by molar-refractivity contribution is 9.10. The minimum Gasteiger partial charge on any atom is -0.465 e. The lowest BCUT2D eigenvalue weighted by atomic mass is 10.4. The van der Waals surface area contributed by atoms with Gasteiger partial charge in [0.15, 0.2) is 0 Å². The smallest absolute Gasteiger partial charge is 0.283 e. The third kappa shape index (κ3) is 4.59. The molecule has 122 valence electrons. The van der Waals surface area contributed by atoms with Crippen molar-refractivity contribution in [2.45, 2.75) is 19.9 Å². The summed E-state index contributed by atoms with van der Waals surface area (Å²) in [6.07, 6.45) is 3.45. The summed E-state index contributed by atoms with van der Waals surface area (Å²) in [6, 6.07) is 3.51. The van der Waals surface area contributed by atoms with E-state index in [0.717, 1.165) is 0 Å². The number of carbonyl (C=O) groups excluding carboxylic acids is 1. The summed E-state index contributed by atoms with van der Waals surface area (Å²) in [6.45, 7) is 1.38. The van der Waals surface area contributed by atoms with Crippen LogP contribution in [0.15, 0.2) is 38.5 Å². The molecule has 2 aromatic rings. The molecule has 0 aromatic carbocycles. The first-order valence-electron chi connectivity index (χ1n) is 6.52. The third-order valence-electron chi connectivity index (χ3n) is 2.81. The maximum atomic E-state index is 12.7. The maximum absolute atomic E-state index is 12.7. The number of nitrogens with zero attached hydrogens (tertiary/aromatic N) is 3. The molecular formula is C14H13BrF2N4O2. The number of hydrogen-bond acceptors (Lipinski definition) is 4. The van der Waals surface area contributed by atoms with Gasteiger partial charge >= 0.3 is 0 Å². The minimum atomic E-state index is -2.71. The van der Waals surface area contributed by atoms with E-state index in [1.165, 1.54) is 17.2 Å². The summed E-state index contributed by atoms with van der Waals surface area (Å²) < 4.78 is 31.9. The Labute approximate surface area is 139 Å². The average Bonchev–Trinajstić information content (AvgIpc) is 3.11. The highest BCUT2D eigenvalue weighted by Crippen LogP contribution is 2.28. The molecule has 0 aliphatic carbocycles. The quantitative estimate of drug-likeness (QED) is 0.611. The molecule has 1 amide bonds. The number of alkyl halides is 2. The van der Waals surface area contributed by atoms with E-state index in [-0.39, 0.29) is 16.7 Å². The molecule has 2 heterocycles. The van der Waals surface area contributed by atoms with Gasteiger partial charge in [-0.25, -0.2) is 14.2 Å². The van der Waals surface area contributed by atoms with E-state index < -0.39 is 12.3 Å². The van der Waals surface area contributed by atoms with Gasteiger partial charge < -0.3 is 4.42 Å². The number of amides is 1. The van der Waals surface area contributed by atoms with Crippen LogP contribution in [0.3, 0.4) is 0 Å². The number of hydrogen-bond donors (Lipinski definition) is 1. The average molecular weight is 387 g/mol. The first-order chi connectivity index (χ1) is 11.0. The Kier molecular flexibility index (Phi) is 5.80. The van der Waals surface area contributed by atoms with Gasteiger partial charge in [-0.2, -0.15) is 10.2 Å². The fourth-order valence-electron chi connectivity index (χ4n) is 1.69. The van der Waals surface area contributed by atoms with Crippen molar-refractivity contribution in [2.24, 2.45) is 5.10 Å². The fraction of sp³-hybridized carbons (Fsp3) is 0.214. The van der Waals surface area contributed by atoms with Crippen LogP contribution in [0.2, 0.25) is 0 Å². The van der Waals surface area contributed by atoms with E-state index in [1.807, 2.05) is 0 Å². The van der Waals surface area contributed by atoms with E-state index in [1.54, 1.807) is 31.2 Å². The number of rotatable bonds is 6. The number of carbonyl (C=O) groups is 1. The normalized spacial score (nSPS) is 11.9. The highest BCUT2D eigenvalue weighted by Gasteiger charge is 2.20. The molecule has 0 spiro atoms. The van der Waals surface area contributed by atoms with Crippen LogP contribution in [0.5, 0.6) is 0 Å². The second-order valence-electron chi connectivity index (χ2n) is 4.43. The summed E-state index contributed by atoms with van der Waals surface area (Å²) in [5.41, 5.74) is 2.33. The van der Waals surface area contributed by atoms with Gasteiger partial charge in [0.1, 0.15) is 18.0 Å². The zero-order valence-electron chi connectivity index (χ0n) is 12.0. The predicted octanol–water partition coefficient (Wildman–Crippen LogP) is 3.30. The molecule has 0 saturated heterocycles. The standard InChI is InChI=1S/C14H13BrF2N4O2/c1-9-12(15)13(14(16)17)20-21(9)8-11(22)19-18-6-2-4-10-5-3-7-23-10/h2-7,14H,8H2,1H3,(H,19,22)/b4-2+,18-6+. The molecule has 0 aliphatic rings. The Morgan fingerprint density at radius 1 is 1.61 bits per heavy atom. The zero-order chi connectivity index (χ0) is 16.8. The summed E-state index contributed by atoms with van der Waals surface area (Å²) >= 11 is 3.04. The molecule has 0 radical (unpaired) electrons. The fourth-order valence-corrected chi connectivity index (χ4v) is 2.15. The van der Waals surface area contributed by atoms with Crippen LogP contribution < -0.4 is 5.43 Å². The lowest BCUT2D eigenvalue weighted by Gasteiger charge is -2.02. The van der Waals surface area contributed by atoms with Crippen LogP contribution in [0, 0.1) is 6.92 Å². The first-order valence-corrected chi connectivity index (χ1v) is 7.31. The Hall–Kier alpha value is -2.29. The van der Waals surface area contributed by atoms with Crippen molar-refractivity contribution < 1.29 is 18.0 Å². The van der Waals surface area contributed by atoms with Crippen molar-refractivity contribution in [2.75, 3.05) is 0 Å². The molecule has 0 saturated carbocycles. The maximum Gasteiger partial charge on any atom is 0.283 e. The van der Waals surface area contributed by atoms with Crippen LogP contribution in [0.25, 0.3) is 6.08 Å². The zero-order valence-corrected chi connectivity index (χ0v) is 13.6. The molecule has 1 N–H and O–H groups in total. The number of halogens is 3. The molecule has 0 atom stereocenters. The lowest BCUT2D eigenvalue weighted by Crippen LogP contribution is -2.24. The van der Waals surface area contributed by atoms with Crippen LogP contribution in [0.1, 0.15) is 23.6 Å². The second kappa shape index (κ2) is 7.82. The third-order valence-corrected chi connectivity index (χ3v) is 3.79. The first kappa shape index (κ1) is 17.1. The van der Waals surface area contributed by atoms with Crippen molar-refractivity contribution in [3.05, 3.63) is 46.1 Å². The molecule has 0 aliphatic heterocycles. The van der Waals surface area contributed by atoms with Crippen LogP contribution >= 0.6 is 15.9 Å². The van der Waals surface area contributed by atoms with Crippen LogP contribution in [-0.2, 0) is 11.3 Å². The molecule has 2 rings (SSSR count). The minimum absolute atomic E-state index is 0.199. The van der Waals surface area contributed by atoms with Gasteiger partial charge in [0.2, 0.25) is 0 Å². The van der Waals surface area contributed by atoms with Gasteiger partial charge in [-0.3, -0.25) is 9.48 Å². The molecule has 9 heteroatoms. The number of aromatic nitrogens is 2. The van der Waals surface area contributed by atoms with Gasteiger partial charge in [0.05, 0.1) is 16.4 Å². The van der Waals surface area contributed by atoms with Crippen molar-refractivity contribution in [1.82, 2.24) is 15.2 Å². The molecule has 0 unspecified atom stereocenters. The SMILES string of the molecule is Cc1c(Br)c(C(F)F)nn1CC(=O)N/N=C/C=C/c1ccco1. The number of allylic oxidation sites excluding steroid dienone is 1. The summed E-state index contributed by atoms with van der Waals surface area (Å²) in [7, 11) is 0. The monoisotopic (exact) mass is 386 g/mol. The van der Waals surface area contributed by atoms with E-state index in [4.69, 9.17) is 4.42 Å². The Balaban J connectivity index is 1.89. The molecule has 2 aromatic heterocycles. The Bertz CT molecular complexity index is 723. The van der Waals surface area contributed by atoms with Crippen molar-refractivity contribution in [3.63, 3.8) is 0 Å². The second-order valence-corrected chi connectivity index (χ2v) is 5.22. The van der Waals surface area contributed by atoms with Crippen LogP contribution in [0.4, 0.5) is 8.78 Å². The van der Waals surface area contributed by atoms with E-state index >= 15 is 0 Å². The van der Waals surface area contributed by atoms with Gasteiger partial charge in [-0.15, -0.1) is 0 Å². The molecule has 6 nitrogen and oxygen atoms in total. The Morgan fingerprint density at radius 3 is 3.00 bits per heavy atom. The number of hydrazone groups is 1. The number of furan rings is 1. The topological polar surface area (TPSA) is 72.4 Å². The van der Waals surface area contributed by atoms with Crippen molar-refractivity contribution in [3.8, 4) is 0 Å². The van der Waals surface area contributed by atoms with E-state index in [9.17, 15) is 13.6 Å². The van der Waals surface area contributed by atoms with E-state index in [2.05, 4.69) is 31.6 Å². The summed E-state index contributed by atoms with van der Waals surface area (Å²) in [4.78, 5) is 11.7. The van der Waals surface area contributed by atoms with Crippen molar-refractivity contribution >= 4 is 34.1 Å². The number of nitrogens with one attached hydrogen (secondary N) is 1. The van der Waals surface area contributed by atoms with Gasteiger partial charge in [0, 0.05) is 6.21 Å². The molecule has 0 bridgehead atoms. The highest BCUT2D eigenvalue weighted by atomic mass is 79.9. The van der Waals surface area contributed by atoms with Gasteiger partial charge in [-0.1, -0.05) is 0 Å². The van der Waals surface area contributed by atoms with Crippen molar-refractivity contribution in [1.29, 1.82) is 0 Å². The van der Waals surface area contributed by atoms with Gasteiger partial charge in [0.25, 0.3) is 12.3 Å². The summed E-state index contributed by atoms with van der Waals surface area (Å²) in [5.74, 6) is 0.172. The lowest BCUT2D eigenvalue weighted by molar-refractivity contribution is -0.121. The largest absolute Gasteiger partial charge is 0.465 e. The predicted molar refractivity (Wildman–Crippen MR) is 84.0 cm³/mol. The molecule has 23 heavy (non-hydrogen) atoms. The molecular weight excluding hydrogens is 374 g/mol. The summed E-state index contributed by atoms with van der Waals surface area (Å²) in [5, 5.41) is 7.41.